The van der Waals surface area contributed by atoms with Crippen LogP contribution in [-0.4, -0.2) is 59.2 Å². The predicted molar refractivity (Wildman–Crippen MR) is 76.8 cm³/mol. The number of carbonyl (C=O) groups is 1. The minimum absolute atomic E-state index is 0.0689. The van der Waals surface area contributed by atoms with E-state index in [1.54, 1.807) is 0 Å². The zero-order chi connectivity index (χ0) is 16.9. The molecule has 0 radical (unpaired) electrons. The summed E-state index contributed by atoms with van der Waals surface area (Å²) < 4.78 is 32.7. The highest BCUT2D eigenvalue weighted by molar-refractivity contribution is 7.89. The Morgan fingerprint density at radius 1 is 1.48 bits per heavy atom. The maximum Gasteiger partial charge on any atom is 0.339 e. The lowest BCUT2D eigenvalue weighted by Gasteiger charge is -2.13. The van der Waals surface area contributed by atoms with E-state index in [1.165, 1.54) is 29.3 Å². The summed E-state index contributed by atoms with van der Waals surface area (Å²) in [4.78, 5) is 15.0. The molecule has 23 heavy (non-hydrogen) atoms. The van der Waals surface area contributed by atoms with Gasteiger partial charge in [-0.3, -0.25) is 4.98 Å². The zero-order valence-corrected chi connectivity index (χ0v) is 13.0. The van der Waals surface area contributed by atoms with Crippen LogP contribution in [0.4, 0.5) is 0 Å². The van der Waals surface area contributed by atoms with E-state index in [9.17, 15) is 18.3 Å². The molecule has 11 heteroatoms. The number of hydrogen-bond donors (Lipinski definition) is 2. The van der Waals surface area contributed by atoms with Gasteiger partial charge >= 0.3 is 5.97 Å². The molecule has 124 valence electrons. The SMILES string of the molecule is COC(=O)c1ccncc1S(=O)(=O)NCC(O)Cn1ccnn1. The van der Waals surface area contributed by atoms with Gasteiger partial charge in [0, 0.05) is 25.1 Å². The number of aliphatic hydroxyl groups is 1. The van der Waals surface area contributed by atoms with Gasteiger partial charge < -0.3 is 9.84 Å². The first-order chi connectivity index (χ1) is 10.9. The summed E-state index contributed by atoms with van der Waals surface area (Å²) in [5.74, 6) is -0.795. The van der Waals surface area contributed by atoms with Crippen LogP contribution in [0.1, 0.15) is 10.4 Å². The van der Waals surface area contributed by atoms with Gasteiger partial charge in [-0.2, -0.15) is 0 Å². The lowest BCUT2D eigenvalue weighted by Crippen LogP contribution is -2.35. The average Bonchev–Trinajstić information content (AvgIpc) is 3.05. The molecule has 0 aliphatic rings. The lowest BCUT2D eigenvalue weighted by atomic mass is 10.3. The third-order valence-electron chi connectivity index (χ3n) is 2.86. The number of pyridine rings is 1. The maximum absolute atomic E-state index is 12.3. The second-order valence-electron chi connectivity index (χ2n) is 4.49. The van der Waals surface area contributed by atoms with Crippen molar-refractivity contribution in [3.05, 3.63) is 36.4 Å². The number of sulfonamides is 1. The molecule has 0 aliphatic heterocycles. The van der Waals surface area contributed by atoms with Crippen molar-refractivity contribution in [3.63, 3.8) is 0 Å². The van der Waals surface area contributed by atoms with Crippen LogP contribution in [0, 0.1) is 0 Å². The number of esters is 1. The van der Waals surface area contributed by atoms with Crippen LogP contribution in [0.5, 0.6) is 0 Å². The number of aliphatic hydroxyl groups excluding tert-OH is 1. The van der Waals surface area contributed by atoms with Crippen molar-refractivity contribution in [2.45, 2.75) is 17.5 Å². The van der Waals surface area contributed by atoms with Crippen molar-refractivity contribution in [2.24, 2.45) is 0 Å². The molecule has 2 rings (SSSR count). The number of hydrogen-bond acceptors (Lipinski definition) is 8. The molecule has 0 saturated carbocycles. The molecule has 2 heterocycles. The average molecular weight is 341 g/mol. The van der Waals surface area contributed by atoms with E-state index in [-0.39, 0.29) is 23.5 Å². The topological polar surface area (TPSA) is 136 Å². The highest BCUT2D eigenvalue weighted by Gasteiger charge is 2.24. The van der Waals surface area contributed by atoms with Crippen LogP contribution in [-0.2, 0) is 21.3 Å². The Bertz CT molecular complexity index is 762. The van der Waals surface area contributed by atoms with Gasteiger partial charge in [-0.05, 0) is 6.07 Å². The molecule has 0 fully saturated rings. The van der Waals surface area contributed by atoms with E-state index in [0.29, 0.717) is 0 Å². The first-order valence-corrected chi connectivity index (χ1v) is 7.96. The van der Waals surface area contributed by atoms with Crippen LogP contribution in [0.25, 0.3) is 0 Å². The molecular weight excluding hydrogens is 326 g/mol. The Kier molecular flexibility index (Phi) is 5.36. The molecule has 2 aromatic heterocycles. The van der Waals surface area contributed by atoms with Gasteiger partial charge in [-0.1, -0.05) is 5.21 Å². The largest absolute Gasteiger partial charge is 0.465 e. The van der Waals surface area contributed by atoms with E-state index >= 15 is 0 Å². The molecular formula is C12H15N5O5S. The lowest BCUT2D eigenvalue weighted by molar-refractivity contribution is 0.0596. The van der Waals surface area contributed by atoms with E-state index in [2.05, 4.69) is 24.8 Å². The summed E-state index contributed by atoms with van der Waals surface area (Å²) in [7, 11) is -2.89. The Morgan fingerprint density at radius 2 is 2.26 bits per heavy atom. The Morgan fingerprint density at radius 3 is 2.91 bits per heavy atom. The summed E-state index contributed by atoms with van der Waals surface area (Å²) in [6, 6.07) is 1.24. The van der Waals surface area contributed by atoms with Gasteiger partial charge in [0.2, 0.25) is 10.0 Å². The first-order valence-electron chi connectivity index (χ1n) is 6.48. The smallest absolute Gasteiger partial charge is 0.339 e. The maximum atomic E-state index is 12.3. The summed E-state index contributed by atoms with van der Waals surface area (Å²) in [6.07, 6.45) is 4.27. The van der Waals surface area contributed by atoms with Crippen molar-refractivity contribution < 1.29 is 23.1 Å². The number of ether oxygens (including phenoxy) is 1. The zero-order valence-electron chi connectivity index (χ0n) is 12.2. The number of carbonyl (C=O) groups excluding carboxylic acids is 1. The van der Waals surface area contributed by atoms with Crippen LogP contribution in [0.3, 0.4) is 0 Å². The highest BCUT2D eigenvalue weighted by atomic mass is 32.2. The van der Waals surface area contributed by atoms with Gasteiger partial charge in [0.15, 0.2) is 0 Å². The second-order valence-corrected chi connectivity index (χ2v) is 6.23. The van der Waals surface area contributed by atoms with Gasteiger partial charge in [0.05, 0.1) is 31.5 Å². The number of methoxy groups -OCH3 is 1. The monoisotopic (exact) mass is 341 g/mol. The molecule has 2 N–H and O–H groups in total. The van der Waals surface area contributed by atoms with Gasteiger partial charge in [0.1, 0.15) is 4.90 Å². The van der Waals surface area contributed by atoms with E-state index in [4.69, 9.17) is 0 Å². The molecule has 0 aromatic carbocycles. The van der Waals surface area contributed by atoms with E-state index < -0.39 is 22.1 Å². The van der Waals surface area contributed by atoms with Crippen LogP contribution < -0.4 is 4.72 Å². The Balaban J connectivity index is 2.09. The molecule has 2 aromatic rings. The number of aromatic nitrogens is 4. The summed E-state index contributed by atoms with van der Waals surface area (Å²) in [5, 5.41) is 17.1. The summed E-state index contributed by atoms with van der Waals surface area (Å²) in [6.45, 7) is -0.197. The van der Waals surface area contributed by atoms with Gasteiger partial charge in [-0.25, -0.2) is 22.6 Å². The molecule has 0 aliphatic carbocycles. The molecule has 1 atom stereocenters. The summed E-state index contributed by atoms with van der Waals surface area (Å²) in [5.41, 5.74) is -0.138. The standard InChI is InChI=1S/C12H15N5O5S/c1-22-12(19)10-2-3-13-7-11(10)23(20,21)15-6-9(18)8-17-5-4-14-16-17/h2-5,7,9,15,18H,6,8H2,1H3. The third kappa shape index (κ3) is 4.31. The third-order valence-corrected chi connectivity index (χ3v) is 4.31. The van der Waals surface area contributed by atoms with E-state index in [0.717, 1.165) is 13.3 Å². The van der Waals surface area contributed by atoms with Gasteiger partial charge in [-0.15, -0.1) is 5.10 Å². The Hall–Kier alpha value is -2.37. The molecule has 0 saturated heterocycles. The molecule has 1 unspecified atom stereocenters. The summed E-state index contributed by atoms with van der Waals surface area (Å²) >= 11 is 0. The van der Waals surface area contributed by atoms with Crippen molar-refractivity contribution in [1.82, 2.24) is 24.7 Å². The van der Waals surface area contributed by atoms with Crippen LogP contribution in [0.2, 0.25) is 0 Å². The first kappa shape index (κ1) is 17.0. The molecule has 10 nitrogen and oxygen atoms in total. The number of nitrogens with zero attached hydrogens (tertiary/aromatic N) is 4. The molecule has 0 amide bonds. The fraction of sp³-hybridized carbons (Fsp3) is 0.333. The van der Waals surface area contributed by atoms with E-state index in [1.807, 2.05) is 0 Å². The van der Waals surface area contributed by atoms with Crippen LogP contribution in [0.15, 0.2) is 35.7 Å². The highest BCUT2D eigenvalue weighted by Crippen LogP contribution is 2.14. The molecule has 0 spiro atoms. The van der Waals surface area contributed by atoms with Crippen LogP contribution >= 0.6 is 0 Å². The normalized spacial score (nSPS) is 12.8. The number of nitrogens with one attached hydrogen (secondary N) is 1. The fourth-order valence-electron chi connectivity index (χ4n) is 1.77. The van der Waals surface area contributed by atoms with Crippen molar-refractivity contribution >= 4 is 16.0 Å². The number of rotatable bonds is 7. The molecule has 0 bridgehead atoms. The Labute approximate surface area is 132 Å². The van der Waals surface area contributed by atoms with Crippen molar-refractivity contribution in [1.29, 1.82) is 0 Å². The van der Waals surface area contributed by atoms with Crippen molar-refractivity contribution in [2.75, 3.05) is 13.7 Å². The quantitative estimate of drug-likeness (QED) is 0.599. The van der Waals surface area contributed by atoms with Gasteiger partial charge in [0.25, 0.3) is 0 Å². The predicted octanol–water partition coefficient (Wildman–Crippen LogP) is -1.20. The van der Waals surface area contributed by atoms with Crippen molar-refractivity contribution in [3.8, 4) is 0 Å². The minimum Gasteiger partial charge on any atom is -0.465 e. The fourth-order valence-corrected chi connectivity index (χ4v) is 2.97. The minimum atomic E-state index is -4.04. The second kappa shape index (κ2) is 7.26.